The Labute approximate surface area is 86.3 Å². The number of hydrogen-bond acceptors (Lipinski definition) is 1. The first-order chi connectivity index (χ1) is 7.43. The Morgan fingerprint density at radius 2 is 2.07 bits per heavy atom. The predicted octanol–water partition coefficient (Wildman–Crippen LogP) is 1.75. The molecule has 0 radical (unpaired) electrons. The largest absolute Gasteiger partial charge is 0.353 e. The van der Waals surface area contributed by atoms with E-state index in [0.29, 0.717) is 0 Å². The zero-order chi connectivity index (χ0) is 9.83. The molecule has 0 atom stereocenters. The molecule has 2 aliphatic rings. The van der Waals surface area contributed by atoms with Crippen LogP contribution in [0.3, 0.4) is 0 Å². The molecule has 0 unspecified atom stereocenters. The van der Waals surface area contributed by atoms with E-state index in [0.717, 1.165) is 16.4 Å². The minimum Gasteiger partial charge on any atom is -0.353 e. The lowest BCUT2D eigenvalue weighted by Crippen LogP contribution is -2.21. The van der Waals surface area contributed by atoms with Crippen LogP contribution in [0.15, 0.2) is 35.3 Å². The number of rotatable bonds is 0. The van der Waals surface area contributed by atoms with Gasteiger partial charge in [0.2, 0.25) is 0 Å². The van der Waals surface area contributed by atoms with Crippen LogP contribution >= 0.6 is 0 Å². The van der Waals surface area contributed by atoms with Crippen LogP contribution in [0.1, 0.15) is 5.69 Å². The van der Waals surface area contributed by atoms with E-state index < -0.39 is 0 Å². The highest BCUT2D eigenvalue weighted by Gasteiger charge is 2.19. The van der Waals surface area contributed by atoms with E-state index in [1.54, 1.807) is 0 Å². The van der Waals surface area contributed by atoms with E-state index in [1.807, 2.05) is 6.07 Å². The molecule has 0 aliphatic carbocycles. The summed E-state index contributed by atoms with van der Waals surface area (Å²) in [6.45, 7) is 0. The van der Waals surface area contributed by atoms with Gasteiger partial charge in [-0.25, -0.2) is 4.99 Å². The number of fused-ring (bicyclic) bond motifs is 7. The number of aromatic nitrogens is 1. The van der Waals surface area contributed by atoms with Crippen molar-refractivity contribution in [1.82, 2.24) is 4.98 Å². The molecule has 2 bridgehead atoms. The molecular weight excluding hydrogens is 184 g/mol. The molecule has 2 heteroatoms. The van der Waals surface area contributed by atoms with E-state index in [2.05, 4.69) is 46.4 Å². The maximum atomic E-state index is 4.64. The molecule has 3 heterocycles. The van der Waals surface area contributed by atoms with Gasteiger partial charge in [-0.15, -0.1) is 0 Å². The molecule has 0 fully saturated rings. The minimum atomic E-state index is 1.09. The molecule has 0 saturated carbocycles. The predicted molar refractivity (Wildman–Crippen MR) is 60.2 cm³/mol. The number of nitrogens with one attached hydrogen (secondary N) is 1. The molecule has 2 aliphatic heterocycles. The van der Waals surface area contributed by atoms with Crippen LogP contribution in [0.5, 0.6) is 0 Å². The molecule has 0 spiro atoms. The van der Waals surface area contributed by atoms with Crippen LogP contribution in [0.2, 0.25) is 0 Å². The van der Waals surface area contributed by atoms with Crippen LogP contribution in [-0.2, 0) is 0 Å². The highest BCUT2D eigenvalue weighted by Crippen LogP contribution is 2.33. The summed E-state index contributed by atoms with van der Waals surface area (Å²) >= 11 is 0. The first kappa shape index (κ1) is 7.23. The van der Waals surface area contributed by atoms with Crippen molar-refractivity contribution < 1.29 is 0 Å². The lowest BCUT2D eigenvalue weighted by atomic mass is 10.1. The van der Waals surface area contributed by atoms with Crippen molar-refractivity contribution in [2.45, 2.75) is 0 Å². The lowest BCUT2D eigenvalue weighted by molar-refractivity contribution is 1.25. The topological polar surface area (TPSA) is 28.1 Å². The Balaban J connectivity index is 2.26. The molecule has 1 aromatic heterocycles. The molecule has 70 valence electrons. The van der Waals surface area contributed by atoms with Crippen molar-refractivity contribution in [3.05, 3.63) is 46.7 Å². The van der Waals surface area contributed by atoms with E-state index in [4.69, 9.17) is 0 Å². The van der Waals surface area contributed by atoms with Gasteiger partial charge in [-0.2, -0.15) is 0 Å². The zero-order valence-electron chi connectivity index (χ0n) is 7.99. The summed E-state index contributed by atoms with van der Waals surface area (Å²) in [4.78, 5) is 8.00. The molecule has 4 rings (SSSR count). The van der Waals surface area contributed by atoms with Crippen molar-refractivity contribution in [2.75, 3.05) is 0 Å². The molecule has 2 nitrogen and oxygen atoms in total. The Bertz CT molecular complexity index is 717. The summed E-state index contributed by atoms with van der Waals surface area (Å²) in [5.41, 5.74) is 4.76. The third-order valence-electron chi connectivity index (χ3n) is 2.96. The van der Waals surface area contributed by atoms with Gasteiger partial charge in [-0.1, -0.05) is 24.3 Å². The minimum absolute atomic E-state index is 1.09. The van der Waals surface area contributed by atoms with Gasteiger partial charge >= 0.3 is 0 Å². The van der Waals surface area contributed by atoms with Gasteiger partial charge in [0.05, 0.1) is 16.4 Å². The highest BCUT2D eigenvalue weighted by molar-refractivity contribution is 5.86. The first-order valence-corrected chi connectivity index (χ1v) is 5.02. The van der Waals surface area contributed by atoms with Crippen molar-refractivity contribution in [2.24, 2.45) is 4.99 Å². The Morgan fingerprint density at radius 3 is 3.07 bits per heavy atom. The van der Waals surface area contributed by atoms with E-state index in [9.17, 15) is 0 Å². The highest BCUT2D eigenvalue weighted by atomic mass is 14.8. The second-order valence-corrected chi connectivity index (χ2v) is 3.83. The summed E-state index contributed by atoms with van der Waals surface area (Å²) in [6, 6.07) is 8.28. The fraction of sp³-hybridized carbons (Fsp3) is 0. The fourth-order valence-electron chi connectivity index (χ4n) is 2.31. The van der Waals surface area contributed by atoms with Gasteiger partial charge in [0, 0.05) is 16.8 Å². The smallest absolute Gasteiger partial charge is 0.0971 e. The number of aromatic amines is 1. The normalized spacial score (nSPS) is 14.1. The monoisotopic (exact) mass is 192 g/mol. The van der Waals surface area contributed by atoms with Crippen LogP contribution in [-0.4, -0.2) is 4.98 Å². The second kappa shape index (κ2) is 2.28. The van der Waals surface area contributed by atoms with Crippen molar-refractivity contribution in [3.8, 4) is 11.1 Å². The number of allylic oxidation sites excluding steroid dienone is 1. The molecule has 1 aromatic carbocycles. The Hall–Kier alpha value is -2.09. The third-order valence-corrected chi connectivity index (χ3v) is 2.96. The maximum absolute atomic E-state index is 4.64. The van der Waals surface area contributed by atoms with Crippen LogP contribution in [0.25, 0.3) is 23.3 Å². The molecule has 15 heavy (non-hydrogen) atoms. The average molecular weight is 192 g/mol. The maximum Gasteiger partial charge on any atom is 0.0971 e. The van der Waals surface area contributed by atoms with E-state index >= 15 is 0 Å². The second-order valence-electron chi connectivity index (χ2n) is 3.83. The van der Waals surface area contributed by atoms with Gasteiger partial charge in [0.15, 0.2) is 0 Å². The first-order valence-electron chi connectivity index (χ1n) is 5.02. The number of para-hydroxylation sites is 1. The lowest BCUT2D eigenvalue weighted by Gasteiger charge is -1.99. The Kier molecular flexibility index (Phi) is 1.10. The fourth-order valence-corrected chi connectivity index (χ4v) is 2.31. The summed E-state index contributed by atoms with van der Waals surface area (Å²) in [7, 11) is 0. The van der Waals surface area contributed by atoms with Gasteiger partial charge in [-0.05, 0) is 18.2 Å². The van der Waals surface area contributed by atoms with Gasteiger partial charge in [0.1, 0.15) is 0 Å². The molecule has 0 amide bonds. The average Bonchev–Trinajstić information content (AvgIpc) is 2.77. The van der Waals surface area contributed by atoms with Crippen molar-refractivity contribution in [1.29, 1.82) is 0 Å². The zero-order valence-corrected chi connectivity index (χ0v) is 7.99. The van der Waals surface area contributed by atoms with Crippen molar-refractivity contribution >= 4 is 17.8 Å². The molecule has 0 saturated heterocycles. The quantitative estimate of drug-likeness (QED) is 0.562. The number of hydrogen-bond donors (Lipinski definition) is 1. The number of benzene rings is 1. The van der Waals surface area contributed by atoms with Gasteiger partial charge in [-0.3, -0.25) is 0 Å². The van der Waals surface area contributed by atoms with E-state index in [-0.39, 0.29) is 0 Å². The van der Waals surface area contributed by atoms with Crippen LogP contribution in [0.4, 0.5) is 5.69 Å². The number of nitrogens with zero attached hydrogens (tertiary/aromatic N) is 1. The molecule has 2 aromatic rings. The molecule has 1 N–H and O–H groups in total. The Morgan fingerprint density at radius 1 is 1.13 bits per heavy atom. The summed E-state index contributed by atoms with van der Waals surface area (Å²) < 4.78 is 0. The van der Waals surface area contributed by atoms with Gasteiger partial charge in [0.25, 0.3) is 0 Å². The van der Waals surface area contributed by atoms with Crippen molar-refractivity contribution in [3.63, 3.8) is 0 Å². The van der Waals surface area contributed by atoms with Crippen LogP contribution in [0, 0.1) is 0 Å². The SMILES string of the molecule is C1=Cc2[nH]c(c3c2-c2ccccc2N=3)=C1. The molecular formula is C13H8N2. The number of H-pyrrole nitrogens is 1. The summed E-state index contributed by atoms with van der Waals surface area (Å²) in [6.07, 6.45) is 6.24. The third kappa shape index (κ3) is 0.773. The van der Waals surface area contributed by atoms with E-state index in [1.165, 1.54) is 16.8 Å². The summed E-state index contributed by atoms with van der Waals surface area (Å²) in [5.74, 6) is 0. The van der Waals surface area contributed by atoms with Crippen LogP contribution < -0.4 is 10.7 Å². The van der Waals surface area contributed by atoms with Gasteiger partial charge < -0.3 is 4.98 Å². The standard InChI is InChI=1S/C13H8N2/c1-2-5-9-8(4-1)12-10-6-3-7-11(14-10)13(12)15-9/h1-7,14H. The summed E-state index contributed by atoms with van der Waals surface area (Å²) in [5, 5.41) is 2.22.